The maximum atomic E-state index is 2.38. The molecule has 1 aromatic carbocycles. The largest absolute Gasteiger partial charge is 0.152 e. The highest BCUT2D eigenvalue weighted by Gasteiger charge is 2.15. The molecule has 1 heteroatoms. The van der Waals surface area contributed by atoms with Crippen molar-refractivity contribution >= 4 is 17.4 Å². The van der Waals surface area contributed by atoms with E-state index in [2.05, 4.69) is 48.0 Å². The molecule has 0 fully saturated rings. The Kier molecular flexibility index (Phi) is 2.41. The van der Waals surface area contributed by atoms with Crippen molar-refractivity contribution in [1.82, 2.24) is 0 Å². The van der Waals surface area contributed by atoms with Crippen LogP contribution >= 0.6 is 11.3 Å². The van der Waals surface area contributed by atoms with E-state index in [0.29, 0.717) is 0 Å². The second-order valence-corrected chi connectivity index (χ2v) is 5.00. The molecular weight excluding hydrogens is 212 g/mol. The van der Waals surface area contributed by atoms with Crippen LogP contribution in [0.2, 0.25) is 0 Å². The van der Waals surface area contributed by atoms with Gasteiger partial charge in [0.25, 0.3) is 0 Å². The first-order valence-corrected chi connectivity index (χ1v) is 6.66. The fourth-order valence-corrected chi connectivity index (χ4v) is 2.99. The molecule has 0 saturated carbocycles. The van der Waals surface area contributed by atoms with Gasteiger partial charge in [0, 0.05) is 0 Å². The zero-order valence-electron chi connectivity index (χ0n) is 9.36. The lowest BCUT2D eigenvalue weighted by Crippen LogP contribution is -1.86. The molecule has 0 atom stereocenters. The van der Waals surface area contributed by atoms with Gasteiger partial charge in [0.2, 0.25) is 0 Å². The highest BCUT2D eigenvalue weighted by molar-refractivity contribution is 7.08. The lowest BCUT2D eigenvalue weighted by molar-refractivity contribution is 1.04. The Morgan fingerprint density at radius 2 is 2.19 bits per heavy atom. The molecule has 16 heavy (non-hydrogen) atoms. The van der Waals surface area contributed by atoms with Crippen molar-refractivity contribution in [1.29, 1.82) is 0 Å². The summed E-state index contributed by atoms with van der Waals surface area (Å²) < 4.78 is 0. The molecule has 1 aliphatic carbocycles. The number of benzene rings is 1. The maximum Gasteiger partial charge on any atom is -0.00145 e. The molecule has 3 rings (SSSR count). The summed E-state index contributed by atoms with van der Waals surface area (Å²) in [6.07, 6.45) is 4.68. The van der Waals surface area contributed by atoms with Gasteiger partial charge in [-0.3, -0.25) is 0 Å². The third-order valence-corrected chi connectivity index (χ3v) is 3.93. The first-order chi connectivity index (χ1) is 7.88. The summed E-state index contributed by atoms with van der Waals surface area (Å²) in [5.41, 5.74) is 7.23. The van der Waals surface area contributed by atoms with E-state index < -0.39 is 0 Å². The standard InChI is InChI=1S/C15H14S/c1-2-11-8-12-4-3-5-14(15(12)9-11)13-6-7-16-10-13/h3-7,9-10H,2,8H2,1H3. The topological polar surface area (TPSA) is 0 Å². The summed E-state index contributed by atoms with van der Waals surface area (Å²) in [7, 11) is 0. The molecule has 0 bridgehead atoms. The summed E-state index contributed by atoms with van der Waals surface area (Å²) in [5.74, 6) is 0. The second kappa shape index (κ2) is 3.91. The van der Waals surface area contributed by atoms with Crippen LogP contribution < -0.4 is 0 Å². The first kappa shape index (κ1) is 9.86. The van der Waals surface area contributed by atoms with Gasteiger partial charge in [-0.2, -0.15) is 11.3 Å². The lowest BCUT2D eigenvalue weighted by Gasteiger charge is -2.05. The van der Waals surface area contributed by atoms with Crippen molar-refractivity contribution in [3.63, 3.8) is 0 Å². The van der Waals surface area contributed by atoms with Crippen LogP contribution in [0.1, 0.15) is 24.5 Å². The van der Waals surface area contributed by atoms with Crippen molar-refractivity contribution in [2.24, 2.45) is 0 Å². The van der Waals surface area contributed by atoms with Gasteiger partial charge in [0.15, 0.2) is 0 Å². The molecule has 0 N–H and O–H groups in total. The van der Waals surface area contributed by atoms with Gasteiger partial charge >= 0.3 is 0 Å². The highest BCUT2D eigenvalue weighted by atomic mass is 32.1. The smallest absolute Gasteiger partial charge is 0.00145 e. The Labute approximate surface area is 100 Å². The Morgan fingerprint density at radius 1 is 1.25 bits per heavy atom. The normalized spacial score (nSPS) is 13.7. The molecule has 80 valence electrons. The predicted octanol–water partition coefficient (Wildman–Crippen LogP) is 4.76. The van der Waals surface area contributed by atoms with E-state index in [1.54, 1.807) is 16.9 Å². The summed E-state index contributed by atoms with van der Waals surface area (Å²) in [6.45, 7) is 2.24. The van der Waals surface area contributed by atoms with Gasteiger partial charge in [-0.15, -0.1) is 0 Å². The first-order valence-electron chi connectivity index (χ1n) is 5.72. The van der Waals surface area contributed by atoms with E-state index in [0.717, 1.165) is 12.8 Å². The molecule has 0 saturated heterocycles. The van der Waals surface area contributed by atoms with E-state index >= 15 is 0 Å². The van der Waals surface area contributed by atoms with Gasteiger partial charge in [-0.05, 0) is 51.9 Å². The van der Waals surface area contributed by atoms with Crippen molar-refractivity contribution in [2.75, 3.05) is 0 Å². The number of fused-ring (bicyclic) bond motifs is 1. The van der Waals surface area contributed by atoms with Crippen LogP contribution in [0.25, 0.3) is 17.2 Å². The Balaban J connectivity index is 2.15. The Bertz CT molecular complexity index is 533. The third kappa shape index (κ3) is 1.52. The van der Waals surface area contributed by atoms with Crippen LogP contribution in [-0.2, 0) is 6.42 Å². The van der Waals surface area contributed by atoms with Crippen LogP contribution in [0.15, 0.2) is 40.6 Å². The van der Waals surface area contributed by atoms with E-state index in [-0.39, 0.29) is 0 Å². The van der Waals surface area contributed by atoms with E-state index in [1.165, 1.54) is 22.3 Å². The molecule has 1 aromatic heterocycles. The molecule has 0 aliphatic heterocycles. The molecular formula is C15H14S. The van der Waals surface area contributed by atoms with Crippen molar-refractivity contribution in [3.05, 3.63) is 51.7 Å². The maximum absolute atomic E-state index is 2.38. The van der Waals surface area contributed by atoms with Crippen molar-refractivity contribution in [2.45, 2.75) is 19.8 Å². The molecule has 2 aromatic rings. The van der Waals surface area contributed by atoms with Crippen LogP contribution in [0, 0.1) is 0 Å². The van der Waals surface area contributed by atoms with Gasteiger partial charge in [0.05, 0.1) is 0 Å². The quantitative estimate of drug-likeness (QED) is 0.692. The van der Waals surface area contributed by atoms with Crippen molar-refractivity contribution in [3.8, 4) is 11.1 Å². The second-order valence-electron chi connectivity index (χ2n) is 4.22. The monoisotopic (exact) mass is 226 g/mol. The van der Waals surface area contributed by atoms with Gasteiger partial charge < -0.3 is 0 Å². The van der Waals surface area contributed by atoms with Gasteiger partial charge in [0.1, 0.15) is 0 Å². The Hall–Kier alpha value is -1.34. The molecule has 0 nitrogen and oxygen atoms in total. The number of hydrogen-bond donors (Lipinski definition) is 0. The number of thiophene rings is 1. The number of hydrogen-bond acceptors (Lipinski definition) is 1. The molecule has 1 heterocycles. The molecule has 0 spiro atoms. The van der Waals surface area contributed by atoms with Gasteiger partial charge in [-0.1, -0.05) is 36.8 Å². The third-order valence-electron chi connectivity index (χ3n) is 3.25. The number of allylic oxidation sites excluding steroid dienone is 1. The van der Waals surface area contributed by atoms with Crippen LogP contribution in [0.3, 0.4) is 0 Å². The summed E-state index contributed by atoms with van der Waals surface area (Å²) in [4.78, 5) is 0. The fourth-order valence-electron chi connectivity index (χ4n) is 2.33. The average Bonchev–Trinajstić information content (AvgIpc) is 2.97. The van der Waals surface area contributed by atoms with Crippen LogP contribution in [0.5, 0.6) is 0 Å². The summed E-state index contributed by atoms with van der Waals surface area (Å²) >= 11 is 1.77. The van der Waals surface area contributed by atoms with Crippen LogP contribution in [0.4, 0.5) is 0 Å². The minimum absolute atomic E-state index is 1.14. The minimum atomic E-state index is 1.14. The van der Waals surface area contributed by atoms with Gasteiger partial charge in [-0.25, -0.2) is 0 Å². The fraction of sp³-hybridized carbons (Fsp3) is 0.200. The molecule has 0 amide bonds. The summed E-state index contributed by atoms with van der Waals surface area (Å²) in [5, 5.41) is 4.38. The lowest BCUT2D eigenvalue weighted by atomic mass is 9.99. The molecule has 0 radical (unpaired) electrons. The molecule has 0 unspecified atom stereocenters. The van der Waals surface area contributed by atoms with E-state index in [9.17, 15) is 0 Å². The van der Waals surface area contributed by atoms with Crippen molar-refractivity contribution < 1.29 is 0 Å². The van der Waals surface area contributed by atoms with Crippen LogP contribution in [-0.4, -0.2) is 0 Å². The average molecular weight is 226 g/mol. The summed E-state index contributed by atoms with van der Waals surface area (Å²) in [6, 6.07) is 8.87. The zero-order chi connectivity index (χ0) is 11.0. The predicted molar refractivity (Wildman–Crippen MR) is 71.7 cm³/mol. The SMILES string of the molecule is CCC1=Cc2c(cccc2-c2ccsc2)C1. The number of rotatable bonds is 2. The Morgan fingerprint density at radius 3 is 2.94 bits per heavy atom. The minimum Gasteiger partial charge on any atom is -0.152 e. The van der Waals surface area contributed by atoms with E-state index in [1.807, 2.05) is 0 Å². The zero-order valence-corrected chi connectivity index (χ0v) is 10.2. The highest BCUT2D eigenvalue weighted by Crippen LogP contribution is 2.35. The molecule has 1 aliphatic rings. The van der Waals surface area contributed by atoms with E-state index in [4.69, 9.17) is 0 Å².